The van der Waals surface area contributed by atoms with Crippen molar-refractivity contribution in [1.29, 1.82) is 0 Å². The molecule has 0 amide bonds. The van der Waals surface area contributed by atoms with E-state index in [0.29, 0.717) is 5.25 Å². The lowest BCUT2D eigenvalue weighted by atomic mass is 10.1. The lowest BCUT2D eigenvalue weighted by Gasteiger charge is -2.27. The Labute approximate surface area is 148 Å². The third-order valence-corrected chi connectivity index (χ3v) is 9.66. The Morgan fingerprint density at radius 3 is 2.45 bits per heavy atom. The van der Waals surface area contributed by atoms with E-state index < -0.39 is 0 Å². The molecule has 3 heterocycles. The molecule has 1 aliphatic heterocycles. The van der Waals surface area contributed by atoms with E-state index in [4.69, 9.17) is 0 Å². The molecule has 0 N–H and O–H groups in total. The lowest BCUT2D eigenvalue weighted by Crippen LogP contribution is -2.11. The first-order chi connectivity index (χ1) is 10.9. The van der Waals surface area contributed by atoms with Crippen LogP contribution in [0.15, 0.2) is 70.3 Å². The molecule has 2 aromatic heterocycles. The molecule has 0 spiro atoms. The second-order valence-electron chi connectivity index (χ2n) is 5.31. The van der Waals surface area contributed by atoms with Gasteiger partial charge in [0.25, 0.3) is 0 Å². The molecule has 2 atom stereocenters. The molecular formula is C18H16S4. The Morgan fingerprint density at radius 2 is 1.73 bits per heavy atom. The predicted octanol–water partition coefficient (Wildman–Crippen LogP) is 7.02. The fraction of sp³-hybridized carbons (Fsp3) is 0.222. The summed E-state index contributed by atoms with van der Waals surface area (Å²) < 4.78 is 0.171. The van der Waals surface area contributed by atoms with Crippen molar-refractivity contribution < 1.29 is 0 Å². The Balaban J connectivity index is 1.66. The van der Waals surface area contributed by atoms with E-state index in [1.807, 2.05) is 34.4 Å². The SMILES string of the molecule is c1ccc(SC2(c3cccs3)CCC(c3cccs3)S2)cc1. The number of benzene rings is 1. The highest BCUT2D eigenvalue weighted by atomic mass is 32.2. The summed E-state index contributed by atoms with van der Waals surface area (Å²) in [6.07, 6.45) is 2.50. The van der Waals surface area contributed by atoms with Gasteiger partial charge in [-0.2, -0.15) is 0 Å². The minimum atomic E-state index is 0.171. The minimum Gasteiger partial charge on any atom is -0.148 e. The van der Waals surface area contributed by atoms with Crippen LogP contribution in [0.2, 0.25) is 0 Å². The second-order valence-corrected chi connectivity index (χ2v) is 10.4. The van der Waals surface area contributed by atoms with E-state index in [1.54, 1.807) is 0 Å². The van der Waals surface area contributed by atoms with Crippen LogP contribution in [0, 0.1) is 0 Å². The summed E-state index contributed by atoms with van der Waals surface area (Å²) in [5, 5.41) is 5.05. The number of hydrogen-bond acceptors (Lipinski definition) is 4. The number of hydrogen-bond donors (Lipinski definition) is 0. The summed E-state index contributed by atoms with van der Waals surface area (Å²) >= 11 is 7.98. The third-order valence-electron chi connectivity index (χ3n) is 3.85. The van der Waals surface area contributed by atoms with Crippen LogP contribution in [0.1, 0.15) is 27.8 Å². The molecule has 0 saturated carbocycles. The first-order valence-corrected chi connectivity index (χ1v) is 10.8. The molecule has 1 saturated heterocycles. The molecule has 1 aliphatic rings. The molecule has 1 aromatic carbocycles. The first-order valence-electron chi connectivity index (χ1n) is 7.35. The van der Waals surface area contributed by atoms with E-state index >= 15 is 0 Å². The van der Waals surface area contributed by atoms with Gasteiger partial charge in [-0.15, -0.1) is 46.2 Å². The van der Waals surface area contributed by atoms with Gasteiger partial charge >= 0.3 is 0 Å². The van der Waals surface area contributed by atoms with Gasteiger partial charge < -0.3 is 0 Å². The van der Waals surface area contributed by atoms with Crippen LogP contribution in [0.5, 0.6) is 0 Å². The molecule has 0 bridgehead atoms. The highest BCUT2D eigenvalue weighted by Crippen LogP contribution is 2.65. The molecule has 2 unspecified atom stereocenters. The molecule has 0 radical (unpaired) electrons. The maximum Gasteiger partial charge on any atom is 0.100 e. The fourth-order valence-corrected chi connectivity index (χ4v) is 8.38. The van der Waals surface area contributed by atoms with E-state index in [9.17, 15) is 0 Å². The summed E-state index contributed by atoms with van der Waals surface area (Å²) in [6, 6.07) is 19.8. The summed E-state index contributed by atoms with van der Waals surface area (Å²) in [6.45, 7) is 0. The van der Waals surface area contributed by atoms with Gasteiger partial charge in [0.05, 0.1) is 0 Å². The largest absolute Gasteiger partial charge is 0.148 e. The summed E-state index contributed by atoms with van der Waals surface area (Å²) in [7, 11) is 0. The van der Waals surface area contributed by atoms with Crippen LogP contribution in [-0.2, 0) is 4.08 Å². The zero-order chi connectivity index (χ0) is 14.8. The maximum atomic E-state index is 2.31. The van der Waals surface area contributed by atoms with Crippen molar-refractivity contribution in [2.75, 3.05) is 0 Å². The summed E-state index contributed by atoms with van der Waals surface area (Å²) in [4.78, 5) is 4.40. The van der Waals surface area contributed by atoms with E-state index in [1.165, 1.54) is 27.5 Å². The second kappa shape index (κ2) is 6.44. The van der Waals surface area contributed by atoms with Gasteiger partial charge in [-0.25, -0.2) is 0 Å². The number of thioether (sulfide) groups is 2. The van der Waals surface area contributed by atoms with Gasteiger partial charge in [0, 0.05) is 19.9 Å². The van der Waals surface area contributed by atoms with Crippen LogP contribution in [0.4, 0.5) is 0 Å². The molecule has 4 heteroatoms. The smallest absolute Gasteiger partial charge is 0.100 e. The lowest BCUT2D eigenvalue weighted by molar-refractivity contribution is 0.746. The Bertz CT molecular complexity index is 703. The van der Waals surface area contributed by atoms with Crippen molar-refractivity contribution >= 4 is 46.2 Å². The average molecular weight is 361 g/mol. The molecule has 0 nitrogen and oxygen atoms in total. The van der Waals surface area contributed by atoms with Crippen molar-refractivity contribution in [1.82, 2.24) is 0 Å². The molecule has 4 rings (SSSR count). The van der Waals surface area contributed by atoms with Crippen molar-refractivity contribution in [2.24, 2.45) is 0 Å². The summed E-state index contributed by atoms with van der Waals surface area (Å²) in [5.74, 6) is 0. The Morgan fingerprint density at radius 1 is 0.909 bits per heavy atom. The van der Waals surface area contributed by atoms with Gasteiger partial charge in [0.15, 0.2) is 0 Å². The fourth-order valence-electron chi connectivity index (χ4n) is 2.82. The van der Waals surface area contributed by atoms with Crippen LogP contribution in [-0.4, -0.2) is 0 Å². The van der Waals surface area contributed by atoms with Crippen molar-refractivity contribution in [3.05, 3.63) is 75.1 Å². The standard InChI is InChI=1S/C18H16S4/c1-2-6-14(7-3-1)21-18(17-9-5-13-20-17)11-10-16(22-18)15-8-4-12-19-15/h1-9,12-13,16H,10-11H2. The average Bonchev–Trinajstić information content (AvgIpc) is 3.30. The topological polar surface area (TPSA) is 0 Å². The molecular weight excluding hydrogens is 344 g/mol. The Hall–Kier alpha value is -0.680. The van der Waals surface area contributed by atoms with Crippen LogP contribution in [0.3, 0.4) is 0 Å². The van der Waals surface area contributed by atoms with E-state index in [2.05, 4.69) is 77.1 Å². The normalized spacial score (nSPS) is 24.6. The van der Waals surface area contributed by atoms with Gasteiger partial charge in [-0.05, 0) is 47.9 Å². The molecule has 112 valence electrons. The molecule has 3 aromatic rings. The van der Waals surface area contributed by atoms with Crippen molar-refractivity contribution in [3.63, 3.8) is 0 Å². The third kappa shape index (κ3) is 2.90. The number of thiophene rings is 2. The maximum absolute atomic E-state index is 2.31. The van der Waals surface area contributed by atoms with E-state index in [0.717, 1.165) is 0 Å². The Kier molecular flexibility index (Phi) is 4.36. The zero-order valence-corrected chi connectivity index (χ0v) is 15.2. The quantitative estimate of drug-likeness (QED) is 0.490. The van der Waals surface area contributed by atoms with Gasteiger partial charge in [0.1, 0.15) is 4.08 Å². The zero-order valence-electron chi connectivity index (χ0n) is 12.0. The van der Waals surface area contributed by atoms with Crippen LogP contribution in [0.25, 0.3) is 0 Å². The highest BCUT2D eigenvalue weighted by Gasteiger charge is 2.43. The highest BCUT2D eigenvalue weighted by molar-refractivity contribution is 8.18. The van der Waals surface area contributed by atoms with Gasteiger partial charge in [0.2, 0.25) is 0 Å². The van der Waals surface area contributed by atoms with E-state index in [-0.39, 0.29) is 4.08 Å². The monoisotopic (exact) mass is 360 g/mol. The van der Waals surface area contributed by atoms with Crippen LogP contribution < -0.4 is 0 Å². The molecule has 1 fully saturated rings. The summed E-state index contributed by atoms with van der Waals surface area (Å²) in [5.41, 5.74) is 0. The van der Waals surface area contributed by atoms with Gasteiger partial charge in [-0.3, -0.25) is 0 Å². The first kappa shape index (κ1) is 14.9. The molecule has 22 heavy (non-hydrogen) atoms. The number of rotatable bonds is 4. The minimum absolute atomic E-state index is 0.171. The molecule has 0 aliphatic carbocycles. The van der Waals surface area contributed by atoms with Crippen molar-refractivity contribution in [2.45, 2.75) is 27.1 Å². The van der Waals surface area contributed by atoms with Crippen LogP contribution >= 0.6 is 46.2 Å². The van der Waals surface area contributed by atoms with Crippen molar-refractivity contribution in [3.8, 4) is 0 Å². The van der Waals surface area contributed by atoms with Gasteiger partial charge in [-0.1, -0.05) is 30.3 Å². The predicted molar refractivity (Wildman–Crippen MR) is 102 cm³/mol.